The number of rotatable bonds is 9. The summed E-state index contributed by atoms with van der Waals surface area (Å²) >= 11 is 0. The first-order valence-electron chi connectivity index (χ1n) is 8.42. The molecular weight excluding hydrogens is 264 g/mol. The summed E-state index contributed by atoms with van der Waals surface area (Å²) in [6, 6.07) is 0. The second-order valence-electron chi connectivity index (χ2n) is 6.75. The second kappa shape index (κ2) is 9.38. The number of hydrogen-bond donors (Lipinski definition) is 2. The Morgan fingerprint density at radius 1 is 1.10 bits per heavy atom. The molecular formula is C16H34N4O. The van der Waals surface area contributed by atoms with Gasteiger partial charge in [0.2, 0.25) is 5.91 Å². The van der Waals surface area contributed by atoms with Crippen LogP contribution in [0, 0.1) is 0 Å². The number of nitrogens with two attached hydrogens (primary N) is 1. The summed E-state index contributed by atoms with van der Waals surface area (Å²) in [6.07, 6.45) is 4.55. The molecule has 0 radical (unpaired) electrons. The Labute approximate surface area is 130 Å². The highest BCUT2D eigenvalue weighted by Crippen LogP contribution is 2.08. The maximum absolute atomic E-state index is 12.0. The summed E-state index contributed by atoms with van der Waals surface area (Å²) in [5.74, 6) is 0.151. The molecule has 0 bridgehead atoms. The molecule has 1 amide bonds. The van der Waals surface area contributed by atoms with E-state index in [9.17, 15) is 4.79 Å². The SMILES string of the molecule is CCC(C)(C)NC(=O)CN1CCN(CCCCCN)CC1. The Morgan fingerprint density at radius 3 is 2.29 bits per heavy atom. The molecule has 5 nitrogen and oxygen atoms in total. The quantitative estimate of drug-likeness (QED) is 0.624. The molecule has 1 aliphatic rings. The summed E-state index contributed by atoms with van der Waals surface area (Å²) in [6.45, 7) is 12.9. The van der Waals surface area contributed by atoms with Crippen molar-refractivity contribution in [3.05, 3.63) is 0 Å². The molecule has 0 atom stereocenters. The first-order chi connectivity index (χ1) is 9.96. The summed E-state index contributed by atoms with van der Waals surface area (Å²) < 4.78 is 0. The van der Waals surface area contributed by atoms with E-state index in [1.807, 2.05) is 0 Å². The molecule has 0 spiro atoms. The average Bonchev–Trinajstić information content (AvgIpc) is 2.45. The third-order valence-electron chi connectivity index (χ3n) is 4.37. The van der Waals surface area contributed by atoms with Gasteiger partial charge in [0.1, 0.15) is 0 Å². The largest absolute Gasteiger partial charge is 0.350 e. The highest BCUT2D eigenvalue weighted by atomic mass is 16.2. The van der Waals surface area contributed by atoms with Gasteiger partial charge in [-0.05, 0) is 46.2 Å². The molecule has 0 aromatic carbocycles. The maximum Gasteiger partial charge on any atom is 0.234 e. The summed E-state index contributed by atoms with van der Waals surface area (Å²) in [4.78, 5) is 16.8. The number of hydrogen-bond acceptors (Lipinski definition) is 4. The second-order valence-corrected chi connectivity index (χ2v) is 6.75. The molecule has 1 rings (SSSR count). The van der Waals surface area contributed by atoms with Crippen LogP contribution < -0.4 is 11.1 Å². The Hall–Kier alpha value is -0.650. The molecule has 1 aliphatic heterocycles. The van der Waals surface area contributed by atoms with Crippen LogP contribution in [0.15, 0.2) is 0 Å². The maximum atomic E-state index is 12.0. The van der Waals surface area contributed by atoms with Gasteiger partial charge in [-0.2, -0.15) is 0 Å². The number of nitrogens with zero attached hydrogens (tertiary/aromatic N) is 2. The van der Waals surface area contributed by atoms with Crippen molar-refractivity contribution < 1.29 is 4.79 Å². The third-order valence-corrected chi connectivity index (χ3v) is 4.37. The average molecular weight is 298 g/mol. The van der Waals surface area contributed by atoms with Crippen LogP contribution in [-0.2, 0) is 4.79 Å². The van der Waals surface area contributed by atoms with Gasteiger partial charge >= 0.3 is 0 Å². The summed E-state index contributed by atoms with van der Waals surface area (Å²) in [5.41, 5.74) is 5.41. The molecule has 0 saturated carbocycles. The Kier molecular flexibility index (Phi) is 8.22. The van der Waals surface area contributed by atoms with Crippen molar-refractivity contribution in [3.8, 4) is 0 Å². The zero-order valence-electron chi connectivity index (χ0n) is 14.2. The van der Waals surface area contributed by atoms with Crippen LogP contribution in [0.4, 0.5) is 0 Å². The first kappa shape index (κ1) is 18.4. The van der Waals surface area contributed by atoms with Crippen molar-refractivity contribution in [2.24, 2.45) is 5.73 Å². The van der Waals surface area contributed by atoms with Gasteiger partial charge in [0.05, 0.1) is 6.54 Å². The third kappa shape index (κ3) is 7.79. The fourth-order valence-electron chi connectivity index (χ4n) is 2.54. The van der Waals surface area contributed by atoms with Crippen LogP contribution in [-0.4, -0.2) is 67.1 Å². The lowest BCUT2D eigenvalue weighted by Gasteiger charge is -2.35. The zero-order valence-corrected chi connectivity index (χ0v) is 14.2. The van der Waals surface area contributed by atoms with E-state index in [1.54, 1.807) is 0 Å². The molecule has 124 valence electrons. The molecule has 0 unspecified atom stereocenters. The van der Waals surface area contributed by atoms with Gasteiger partial charge in [-0.1, -0.05) is 13.3 Å². The van der Waals surface area contributed by atoms with Gasteiger partial charge in [-0.15, -0.1) is 0 Å². The minimum Gasteiger partial charge on any atom is -0.350 e. The first-order valence-corrected chi connectivity index (χ1v) is 8.42. The van der Waals surface area contributed by atoms with E-state index in [0.717, 1.165) is 45.6 Å². The Morgan fingerprint density at radius 2 is 1.71 bits per heavy atom. The van der Waals surface area contributed by atoms with Gasteiger partial charge in [-0.25, -0.2) is 0 Å². The predicted octanol–water partition coefficient (Wildman–Crippen LogP) is 1.04. The van der Waals surface area contributed by atoms with Crippen LogP contribution >= 0.6 is 0 Å². The van der Waals surface area contributed by atoms with Crippen LogP contribution in [0.2, 0.25) is 0 Å². The van der Waals surface area contributed by atoms with Gasteiger partial charge in [0, 0.05) is 31.7 Å². The number of piperazine rings is 1. The predicted molar refractivity (Wildman–Crippen MR) is 88.3 cm³/mol. The lowest BCUT2D eigenvalue weighted by molar-refractivity contribution is -0.124. The number of carbonyl (C=O) groups is 1. The lowest BCUT2D eigenvalue weighted by atomic mass is 10.0. The van der Waals surface area contributed by atoms with E-state index >= 15 is 0 Å². The number of unbranched alkanes of at least 4 members (excludes halogenated alkanes) is 2. The minimum absolute atomic E-state index is 0.0953. The van der Waals surface area contributed by atoms with Crippen molar-refractivity contribution >= 4 is 5.91 Å². The van der Waals surface area contributed by atoms with Gasteiger partial charge < -0.3 is 16.0 Å². The van der Waals surface area contributed by atoms with Crippen LogP contribution in [0.25, 0.3) is 0 Å². The fourth-order valence-corrected chi connectivity index (χ4v) is 2.54. The van der Waals surface area contributed by atoms with E-state index in [0.29, 0.717) is 6.54 Å². The minimum atomic E-state index is -0.0953. The Bertz CT molecular complexity index is 299. The van der Waals surface area contributed by atoms with Crippen molar-refractivity contribution in [1.29, 1.82) is 0 Å². The van der Waals surface area contributed by atoms with E-state index in [1.165, 1.54) is 19.4 Å². The Balaban J connectivity index is 2.16. The van der Waals surface area contributed by atoms with Crippen LogP contribution in [0.5, 0.6) is 0 Å². The van der Waals surface area contributed by atoms with E-state index in [2.05, 4.69) is 35.9 Å². The lowest BCUT2D eigenvalue weighted by Crippen LogP contribution is -2.52. The molecule has 5 heteroatoms. The molecule has 0 aromatic heterocycles. The monoisotopic (exact) mass is 298 g/mol. The van der Waals surface area contributed by atoms with Crippen LogP contribution in [0.1, 0.15) is 46.5 Å². The van der Waals surface area contributed by atoms with E-state index in [4.69, 9.17) is 5.73 Å². The molecule has 3 N–H and O–H groups in total. The van der Waals surface area contributed by atoms with E-state index < -0.39 is 0 Å². The van der Waals surface area contributed by atoms with Crippen molar-refractivity contribution in [1.82, 2.24) is 15.1 Å². The summed E-state index contributed by atoms with van der Waals surface area (Å²) in [7, 11) is 0. The summed E-state index contributed by atoms with van der Waals surface area (Å²) in [5, 5.41) is 3.11. The van der Waals surface area contributed by atoms with Crippen LogP contribution in [0.3, 0.4) is 0 Å². The van der Waals surface area contributed by atoms with Crippen molar-refractivity contribution in [2.75, 3.05) is 45.8 Å². The number of nitrogens with one attached hydrogen (secondary N) is 1. The fraction of sp³-hybridized carbons (Fsp3) is 0.938. The highest BCUT2D eigenvalue weighted by Gasteiger charge is 2.22. The topological polar surface area (TPSA) is 61.6 Å². The smallest absolute Gasteiger partial charge is 0.234 e. The molecule has 0 aromatic rings. The highest BCUT2D eigenvalue weighted by molar-refractivity contribution is 5.78. The van der Waals surface area contributed by atoms with E-state index in [-0.39, 0.29) is 11.4 Å². The molecule has 0 aliphatic carbocycles. The normalized spacial score (nSPS) is 17.9. The molecule has 1 heterocycles. The molecule has 1 fully saturated rings. The zero-order chi connectivity index (χ0) is 15.7. The van der Waals surface area contributed by atoms with Gasteiger partial charge in [0.25, 0.3) is 0 Å². The number of carbonyl (C=O) groups excluding carboxylic acids is 1. The number of amides is 1. The van der Waals surface area contributed by atoms with Gasteiger partial charge in [-0.3, -0.25) is 9.69 Å². The van der Waals surface area contributed by atoms with Crippen molar-refractivity contribution in [3.63, 3.8) is 0 Å². The van der Waals surface area contributed by atoms with Crippen molar-refractivity contribution in [2.45, 2.75) is 52.0 Å². The molecule has 1 saturated heterocycles. The van der Waals surface area contributed by atoms with Gasteiger partial charge in [0.15, 0.2) is 0 Å². The molecule has 21 heavy (non-hydrogen) atoms. The standard InChI is InChI=1S/C16H34N4O/c1-4-16(2,3)18-15(21)14-20-12-10-19(11-13-20)9-7-5-6-8-17/h4-14,17H2,1-3H3,(H,18,21).